The van der Waals surface area contributed by atoms with Crippen molar-refractivity contribution in [3.8, 4) is 6.07 Å². The monoisotopic (exact) mass is 342 g/mol. The van der Waals surface area contributed by atoms with Crippen LogP contribution in [0.15, 0.2) is 61.2 Å². The van der Waals surface area contributed by atoms with E-state index in [-0.39, 0.29) is 0 Å². The number of anilines is 2. The molecule has 0 unspecified atom stereocenters. The van der Waals surface area contributed by atoms with E-state index in [1.807, 2.05) is 42.2 Å². The second-order valence-electron chi connectivity index (χ2n) is 6.27. The number of aromatic nitrogens is 4. The van der Waals surface area contributed by atoms with Crippen LogP contribution >= 0.6 is 0 Å². The number of rotatable bonds is 4. The molecule has 0 spiro atoms. The Balaban J connectivity index is 1.93. The SMILES string of the molecule is Cc1cccc(CN(c2c(C#N)cnn3cccc23)c2nccn2C)c1. The Morgan fingerprint density at radius 2 is 2.08 bits per heavy atom. The first-order chi connectivity index (χ1) is 12.7. The lowest BCUT2D eigenvalue weighted by Gasteiger charge is -2.25. The summed E-state index contributed by atoms with van der Waals surface area (Å²) < 4.78 is 3.74. The van der Waals surface area contributed by atoms with Crippen molar-refractivity contribution in [1.29, 1.82) is 5.26 Å². The lowest BCUT2D eigenvalue weighted by Crippen LogP contribution is -2.22. The van der Waals surface area contributed by atoms with E-state index >= 15 is 0 Å². The molecule has 6 nitrogen and oxygen atoms in total. The number of hydrogen-bond donors (Lipinski definition) is 0. The molecule has 0 saturated carbocycles. The zero-order chi connectivity index (χ0) is 18.1. The van der Waals surface area contributed by atoms with Gasteiger partial charge in [-0.2, -0.15) is 10.4 Å². The summed E-state index contributed by atoms with van der Waals surface area (Å²) in [7, 11) is 1.95. The third-order valence-electron chi connectivity index (χ3n) is 4.39. The minimum Gasteiger partial charge on any atom is -0.320 e. The van der Waals surface area contributed by atoms with Crippen molar-refractivity contribution in [3.63, 3.8) is 0 Å². The molecule has 4 aromatic rings. The molecule has 0 aliphatic rings. The van der Waals surface area contributed by atoms with Gasteiger partial charge in [0.2, 0.25) is 5.95 Å². The summed E-state index contributed by atoms with van der Waals surface area (Å²) in [5.41, 5.74) is 4.55. The predicted octanol–water partition coefficient (Wildman–Crippen LogP) is 3.59. The average Bonchev–Trinajstić information content (AvgIpc) is 3.27. The van der Waals surface area contributed by atoms with E-state index in [2.05, 4.69) is 46.2 Å². The van der Waals surface area contributed by atoms with E-state index in [0.717, 1.165) is 22.7 Å². The Morgan fingerprint density at radius 3 is 2.81 bits per heavy atom. The Labute approximate surface area is 151 Å². The average molecular weight is 342 g/mol. The van der Waals surface area contributed by atoms with Crippen LogP contribution in [0, 0.1) is 18.3 Å². The summed E-state index contributed by atoms with van der Waals surface area (Å²) >= 11 is 0. The second kappa shape index (κ2) is 6.37. The zero-order valence-corrected chi connectivity index (χ0v) is 14.7. The van der Waals surface area contributed by atoms with Crippen molar-refractivity contribution >= 4 is 17.2 Å². The van der Waals surface area contributed by atoms with Crippen LogP contribution in [0.1, 0.15) is 16.7 Å². The molecular weight excluding hydrogens is 324 g/mol. The molecule has 1 aromatic carbocycles. The first kappa shape index (κ1) is 15.9. The maximum atomic E-state index is 9.69. The highest BCUT2D eigenvalue weighted by Gasteiger charge is 2.21. The smallest absolute Gasteiger partial charge is 0.210 e. The van der Waals surface area contributed by atoms with Crippen LogP contribution in [0.4, 0.5) is 11.6 Å². The predicted molar refractivity (Wildman–Crippen MR) is 100 cm³/mol. The van der Waals surface area contributed by atoms with E-state index in [4.69, 9.17) is 0 Å². The third-order valence-corrected chi connectivity index (χ3v) is 4.39. The molecule has 0 fully saturated rings. The second-order valence-corrected chi connectivity index (χ2v) is 6.27. The molecule has 128 valence electrons. The van der Waals surface area contributed by atoms with E-state index in [0.29, 0.717) is 12.1 Å². The van der Waals surface area contributed by atoms with Crippen LogP contribution in [0.5, 0.6) is 0 Å². The fraction of sp³-hybridized carbons (Fsp3) is 0.150. The largest absolute Gasteiger partial charge is 0.320 e. The minimum atomic E-state index is 0.520. The summed E-state index contributed by atoms with van der Waals surface area (Å²) in [5.74, 6) is 0.775. The Hall–Kier alpha value is -3.59. The number of imidazole rings is 1. The van der Waals surface area contributed by atoms with E-state index in [9.17, 15) is 5.26 Å². The van der Waals surface area contributed by atoms with Gasteiger partial charge < -0.3 is 9.47 Å². The summed E-state index contributed by atoms with van der Waals surface area (Å²) in [5, 5.41) is 14.0. The van der Waals surface area contributed by atoms with Crippen molar-refractivity contribution in [2.24, 2.45) is 7.05 Å². The van der Waals surface area contributed by atoms with Gasteiger partial charge >= 0.3 is 0 Å². The molecule has 3 aromatic heterocycles. The molecule has 0 N–H and O–H groups in total. The van der Waals surface area contributed by atoms with Gasteiger partial charge in [0.25, 0.3) is 0 Å². The standard InChI is InChI=1S/C20H18N6/c1-15-5-3-6-16(11-15)14-25(20-22-8-10-24(20)2)19-17(12-21)13-23-26-9-4-7-18(19)26/h3-11,13H,14H2,1-2H3. The van der Waals surface area contributed by atoms with Crippen LogP contribution in [0.3, 0.4) is 0 Å². The third kappa shape index (κ3) is 2.70. The molecule has 0 bridgehead atoms. The van der Waals surface area contributed by atoms with E-state index in [1.165, 1.54) is 5.56 Å². The highest BCUT2D eigenvalue weighted by atomic mass is 15.3. The quantitative estimate of drug-likeness (QED) is 0.569. The number of fused-ring (bicyclic) bond motifs is 1. The molecule has 6 heteroatoms. The summed E-state index contributed by atoms with van der Waals surface area (Å²) in [6.45, 7) is 2.68. The Morgan fingerprint density at radius 1 is 1.19 bits per heavy atom. The van der Waals surface area contributed by atoms with Gasteiger partial charge in [-0.3, -0.25) is 0 Å². The van der Waals surface area contributed by atoms with Crippen molar-refractivity contribution in [2.45, 2.75) is 13.5 Å². The van der Waals surface area contributed by atoms with Gasteiger partial charge in [0.05, 0.1) is 29.5 Å². The first-order valence-corrected chi connectivity index (χ1v) is 8.34. The number of benzene rings is 1. The van der Waals surface area contributed by atoms with E-state index in [1.54, 1.807) is 16.9 Å². The van der Waals surface area contributed by atoms with Gasteiger partial charge in [0, 0.05) is 25.6 Å². The van der Waals surface area contributed by atoms with Gasteiger partial charge in [-0.15, -0.1) is 0 Å². The van der Waals surface area contributed by atoms with Gasteiger partial charge in [0.1, 0.15) is 6.07 Å². The molecule has 0 aliphatic heterocycles. The summed E-state index contributed by atoms with van der Waals surface area (Å²) in [6, 6.07) is 14.5. The molecular formula is C20H18N6. The van der Waals surface area contributed by atoms with Crippen molar-refractivity contribution < 1.29 is 0 Å². The zero-order valence-electron chi connectivity index (χ0n) is 14.7. The van der Waals surface area contributed by atoms with Crippen LogP contribution in [0.25, 0.3) is 5.52 Å². The van der Waals surface area contributed by atoms with Crippen molar-refractivity contribution in [1.82, 2.24) is 19.2 Å². The molecule has 0 amide bonds. The normalized spacial score (nSPS) is 10.8. The topological polar surface area (TPSA) is 62.1 Å². The molecule has 3 heterocycles. The molecule has 0 atom stereocenters. The first-order valence-electron chi connectivity index (χ1n) is 8.34. The van der Waals surface area contributed by atoms with Crippen molar-refractivity contribution in [3.05, 3.63) is 77.9 Å². The number of nitrogens with zero attached hydrogens (tertiary/aromatic N) is 6. The summed E-state index contributed by atoms with van der Waals surface area (Å²) in [6.07, 6.45) is 7.15. The maximum absolute atomic E-state index is 9.69. The molecule has 0 radical (unpaired) electrons. The highest BCUT2D eigenvalue weighted by Crippen LogP contribution is 2.32. The molecule has 0 aliphatic carbocycles. The Kier molecular flexibility index (Phi) is 3.90. The summed E-state index contributed by atoms with van der Waals surface area (Å²) in [4.78, 5) is 6.60. The Bertz CT molecular complexity index is 1110. The fourth-order valence-electron chi connectivity index (χ4n) is 3.21. The minimum absolute atomic E-state index is 0.520. The van der Waals surface area contributed by atoms with Crippen molar-refractivity contribution in [2.75, 3.05) is 4.90 Å². The molecule has 26 heavy (non-hydrogen) atoms. The van der Waals surface area contributed by atoms with Gasteiger partial charge in [-0.05, 0) is 24.6 Å². The maximum Gasteiger partial charge on any atom is 0.210 e. The fourth-order valence-corrected chi connectivity index (χ4v) is 3.21. The van der Waals surface area contributed by atoms with Gasteiger partial charge in [-0.1, -0.05) is 29.8 Å². The van der Waals surface area contributed by atoms with Crippen LogP contribution in [-0.2, 0) is 13.6 Å². The lowest BCUT2D eigenvalue weighted by molar-refractivity contribution is 0.827. The van der Waals surface area contributed by atoms with Crippen LogP contribution < -0.4 is 4.90 Å². The molecule has 0 saturated heterocycles. The van der Waals surface area contributed by atoms with Crippen LogP contribution in [0.2, 0.25) is 0 Å². The number of aryl methyl sites for hydroxylation is 2. The van der Waals surface area contributed by atoms with E-state index < -0.39 is 0 Å². The number of hydrogen-bond acceptors (Lipinski definition) is 4. The van der Waals surface area contributed by atoms with Crippen LogP contribution in [-0.4, -0.2) is 19.2 Å². The highest BCUT2D eigenvalue weighted by molar-refractivity contribution is 5.82. The lowest BCUT2D eigenvalue weighted by atomic mass is 10.1. The number of nitriles is 1. The van der Waals surface area contributed by atoms with Gasteiger partial charge in [-0.25, -0.2) is 9.50 Å². The van der Waals surface area contributed by atoms with Gasteiger partial charge in [0.15, 0.2) is 0 Å². The molecule has 4 rings (SSSR count).